The second-order valence-corrected chi connectivity index (χ2v) is 28.4. The Kier molecular flexibility index (Phi) is 15.0. The standard InChI is InChI=1S/C68H74IN5O2.Cu/c1-63(2,3)43-29-40(30-44(35-43)64(4,5)6)59-52-25-23-50(70-52)58(39-19-21-49(69)22-20-39)51-24-26-54(71-51)60(41-31-45(65(7,8)9)36-46(32-41)66(10,11)12)56-38-57(74(75)76)62(73-56)61(55-28-27-53(59)72-55)42-33-47(67(13,14)15)37-48(34-42)68(16,17)18;/h19-38H,1-18H3;/q-2;+2. The van der Waals surface area contributed by atoms with Crippen LogP contribution in [0, 0.1) is 13.7 Å². The number of rotatable bonds is 5. The van der Waals surface area contributed by atoms with Crippen LogP contribution in [0.4, 0.5) is 5.69 Å². The molecule has 4 aromatic carbocycles. The summed E-state index contributed by atoms with van der Waals surface area (Å²) in [7, 11) is 0. The molecular weight excluding hydrogens is 1110 g/mol. The average Bonchev–Trinajstić information content (AvgIpc) is 4.17. The van der Waals surface area contributed by atoms with Gasteiger partial charge in [-0.15, -0.1) is 16.6 Å². The summed E-state index contributed by atoms with van der Waals surface area (Å²) in [4.78, 5) is 36.0. The Hall–Kier alpha value is -5.87. The SMILES string of the molecule is CC(C)(C)c1cc(-c2c3nc(c(-c4cc(C(C)(C)C)cc(C(C)(C)C)c4)c4[n-]c(cc4[N+](=O)[O-])c(-c4cc(C(C)(C)C)cc(C(C)(C)C)c4)c4nc(c(-c5ccc(I)cc5)c5ccc2[n-]5)C=C4)C=C3)cc(C(C)(C)C)c1.[Cu+2]. The predicted molar refractivity (Wildman–Crippen MR) is 330 cm³/mol. The molecule has 0 amide bonds. The minimum atomic E-state index is -0.281. The molecule has 0 unspecified atom stereocenters. The van der Waals surface area contributed by atoms with Gasteiger partial charge in [-0.2, -0.15) is 0 Å². The third-order valence-electron chi connectivity index (χ3n) is 14.9. The third-order valence-corrected chi connectivity index (χ3v) is 15.6. The van der Waals surface area contributed by atoms with Gasteiger partial charge in [0.05, 0.1) is 27.7 Å². The summed E-state index contributed by atoms with van der Waals surface area (Å²) in [6.45, 7) is 40.1. The maximum absolute atomic E-state index is 13.9. The molecule has 1 radical (unpaired) electrons. The topological polar surface area (TPSA) is 97.1 Å². The number of nitro groups is 1. The molecule has 3 aromatic heterocycles. The maximum Gasteiger partial charge on any atom is 2.00 e. The van der Waals surface area contributed by atoms with Crippen LogP contribution < -0.4 is 9.97 Å². The summed E-state index contributed by atoms with van der Waals surface area (Å²) in [6, 6.07) is 34.7. The number of fused-ring (bicyclic) bond motifs is 8. The van der Waals surface area contributed by atoms with E-state index in [1.165, 1.54) is 11.1 Å². The van der Waals surface area contributed by atoms with Crippen LogP contribution in [-0.4, -0.2) is 14.9 Å². The quantitative estimate of drug-likeness (QED) is 0.0737. The number of hydrogen-bond acceptors (Lipinski definition) is 4. The molecule has 9 rings (SSSR count). The smallest absolute Gasteiger partial charge is 0.657 e. The van der Waals surface area contributed by atoms with E-state index >= 15 is 0 Å². The third kappa shape index (κ3) is 11.7. The Morgan fingerprint density at radius 3 is 1.01 bits per heavy atom. The molecule has 7 aromatic rings. The van der Waals surface area contributed by atoms with Gasteiger partial charge in [-0.25, -0.2) is 9.97 Å². The summed E-state index contributed by atoms with van der Waals surface area (Å²) < 4.78 is 1.11. The number of nitrogens with zero attached hydrogens (tertiary/aromatic N) is 5. The molecule has 0 saturated carbocycles. The molecule has 0 aliphatic carbocycles. The maximum atomic E-state index is 13.9. The van der Waals surface area contributed by atoms with Crippen LogP contribution in [0.2, 0.25) is 0 Å². The predicted octanol–water partition coefficient (Wildman–Crippen LogP) is 18.9. The summed E-state index contributed by atoms with van der Waals surface area (Å²) in [5, 5.41) is 13.9. The minimum absolute atomic E-state index is 0. The molecule has 2 aliphatic rings. The van der Waals surface area contributed by atoms with Crippen LogP contribution in [0.25, 0.3) is 90.9 Å². The molecule has 9 heteroatoms. The first-order valence-corrected chi connectivity index (χ1v) is 27.7. The van der Waals surface area contributed by atoms with E-state index in [-0.39, 0.29) is 65.7 Å². The molecular formula is C68H74CuIN5O2. The van der Waals surface area contributed by atoms with Crippen molar-refractivity contribution in [2.24, 2.45) is 0 Å². The van der Waals surface area contributed by atoms with E-state index in [4.69, 9.17) is 19.9 Å². The van der Waals surface area contributed by atoms with E-state index in [1.807, 2.05) is 12.2 Å². The first-order chi connectivity index (χ1) is 35.1. The van der Waals surface area contributed by atoms with Gasteiger partial charge >= 0.3 is 17.1 Å². The van der Waals surface area contributed by atoms with Crippen molar-refractivity contribution < 1.29 is 22.0 Å². The number of aromatic nitrogens is 4. The molecule has 5 heterocycles. The summed E-state index contributed by atoms with van der Waals surface area (Å²) in [5.41, 5.74) is 17.2. The fraction of sp³-hybridized carbons (Fsp3) is 0.353. The average molecular weight is 1180 g/mol. The molecule has 8 bridgehead atoms. The van der Waals surface area contributed by atoms with Gasteiger partial charge in [-0.05, 0) is 175 Å². The van der Waals surface area contributed by atoms with Crippen molar-refractivity contribution in [2.75, 3.05) is 0 Å². The van der Waals surface area contributed by atoms with Gasteiger partial charge in [-0.3, -0.25) is 10.1 Å². The van der Waals surface area contributed by atoms with E-state index in [1.54, 1.807) is 6.07 Å². The van der Waals surface area contributed by atoms with Crippen molar-refractivity contribution in [1.29, 1.82) is 0 Å². The van der Waals surface area contributed by atoms with Crippen molar-refractivity contribution >= 4 is 74.6 Å². The molecule has 0 N–H and O–H groups in total. The summed E-state index contributed by atoms with van der Waals surface area (Å²) >= 11 is 2.35. The second-order valence-electron chi connectivity index (χ2n) is 27.2. The fourth-order valence-electron chi connectivity index (χ4n) is 10.00. The van der Waals surface area contributed by atoms with Crippen LogP contribution >= 0.6 is 22.6 Å². The first kappa shape index (κ1) is 57.3. The molecule has 0 spiro atoms. The van der Waals surface area contributed by atoms with Crippen molar-refractivity contribution in [3.8, 4) is 44.5 Å². The van der Waals surface area contributed by atoms with Crippen LogP contribution in [0.3, 0.4) is 0 Å². The number of hydrogen-bond donors (Lipinski definition) is 0. The van der Waals surface area contributed by atoms with Gasteiger partial charge in [0.15, 0.2) is 0 Å². The molecule has 0 fully saturated rings. The van der Waals surface area contributed by atoms with Crippen LogP contribution in [0.1, 0.15) is 181 Å². The number of halogens is 1. The van der Waals surface area contributed by atoms with Gasteiger partial charge < -0.3 is 9.97 Å². The molecule has 0 saturated heterocycles. The first-order valence-electron chi connectivity index (χ1n) is 26.6. The van der Waals surface area contributed by atoms with Crippen LogP contribution in [0.5, 0.6) is 0 Å². The Labute approximate surface area is 481 Å². The van der Waals surface area contributed by atoms with Gasteiger partial charge in [-0.1, -0.05) is 203 Å². The van der Waals surface area contributed by atoms with Gasteiger partial charge in [0.25, 0.3) is 5.69 Å². The van der Waals surface area contributed by atoms with Gasteiger partial charge in [0.2, 0.25) is 0 Å². The molecule has 7 nitrogen and oxygen atoms in total. The van der Waals surface area contributed by atoms with E-state index in [0.717, 1.165) is 75.9 Å². The molecule has 0 atom stereocenters. The number of benzene rings is 4. The largest absolute Gasteiger partial charge is 2.00 e. The zero-order chi connectivity index (χ0) is 55.4. The zero-order valence-corrected chi connectivity index (χ0v) is 51.4. The van der Waals surface area contributed by atoms with Gasteiger partial charge in [0, 0.05) is 9.64 Å². The van der Waals surface area contributed by atoms with Crippen molar-refractivity contribution in [3.63, 3.8) is 0 Å². The Morgan fingerprint density at radius 1 is 0.390 bits per heavy atom. The summed E-state index contributed by atoms with van der Waals surface area (Å²) in [6.07, 6.45) is 8.18. The fourth-order valence-corrected chi connectivity index (χ4v) is 10.4. The minimum Gasteiger partial charge on any atom is -0.657 e. The van der Waals surface area contributed by atoms with E-state index < -0.39 is 0 Å². The summed E-state index contributed by atoms with van der Waals surface area (Å²) in [5.74, 6) is 0. The van der Waals surface area contributed by atoms with Gasteiger partial charge in [0.1, 0.15) is 0 Å². The zero-order valence-electron chi connectivity index (χ0n) is 48.3. The normalized spacial score (nSPS) is 13.3. The van der Waals surface area contributed by atoms with Crippen molar-refractivity contribution in [3.05, 3.63) is 167 Å². The van der Waals surface area contributed by atoms with Crippen molar-refractivity contribution in [1.82, 2.24) is 19.9 Å². The van der Waals surface area contributed by atoms with Crippen molar-refractivity contribution in [2.45, 2.75) is 157 Å². The Bertz CT molecular complexity index is 3640. The molecule has 401 valence electrons. The molecule has 77 heavy (non-hydrogen) atoms. The van der Waals surface area contributed by atoms with E-state index in [0.29, 0.717) is 33.7 Å². The Morgan fingerprint density at radius 2 is 0.688 bits per heavy atom. The van der Waals surface area contributed by atoms with E-state index in [2.05, 4.69) is 250 Å². The van der Waals surface area contributed by atoms with Crippen LogP contribution in [-0.2, 0) is 49.6 Å². The Balaban J connectivity index is 0.00000784. The van der Waals surface area contributed by atoms with Crippen LogP contribution in [0.15, 0.2) is 97.1 Å². The monoisotopic (exact) mass is 1180 g/mol. The van der Waals surface area contributed by atoms with E-state index in [9.17, 15) is 10.1 Å². The molecule has 2 aliphatic heterocycles. The second kappa shape index (κ2) is 20.1.